The second-order valence-corrected chi connectivity index (χ2v) is 7.45. The maximum absolute atomic E-state index is 14.8. The molecular formula is C22H24FN3O5. The predicted octanol–water partition coefficient (Wildman–Crippen LogP) is 2.60. The van der Waals surface area contributed by atoms with Crippen LogP contribution in [0.5, 0.6) is 0 Å². The Morgan fingerprint density at radius 2 is 1.87 bits per heavy atom. The van der Waals surface area contributed by atoms with Gasteiger partial charge in [-0.05, 0) is 23.8 Å². The molecule has 1 atom stereocenters. The van der Waals surface area contributed by atoms with Gasteiger partial charge in [-0.1, -0.05) is 30.3 Å². The summed E-state index contributed by atoms with van der Waals surface area (Å²) >= 11 is 0. The Balaban J connectivity index is 1.32. The number of aliphatic hydroxyl groups excluding tert-OH is 1. The standard InChI is InChI=1S/C22H24FN3O5/c23-19-12-17(26-13-18(14-27)31-22(26)29)6-7-20(19)24-8-10-25(11-9-24)21(28)30-15-16-4-2-1-3-5-16/h1-7,12,18,27H,8-11,13-15H2. The number of rotatable bonds is 5. The lowest BCUT2D eigenvalue weighted by molar-refractivity contribution is 0.0941. The lowest BCUT2D eigenvalue weighted by atomic mass is 10.2. The Morgan fingerprint density at radius 1 is 1.13 bits per heavy atom. The summed E-state index contributed by atoms with van der Waals surface area (Å²) in [5, 5.41) is 9.15. The zero-order chi connectivity index (χ0) is 21.8. The van der Waals surface area contributed by atoms with E-state index in [2.05, 4.69) is 0 Å². The molecule has 164 valence electrons. The van der Waals surface area contributed by atoms with Crippen molar-refractivity contribution in [3.63, 3.8) is 0 Å². The van der Waals surface area contributed by atoms with Gasteiger partial charge in [-0.3, -0.25) is 4.90 Å². The number of halogens is 1. The van der Waals surface area contributed by atoms with E-state index in [4.69, 9.17) is 14.6 Å². The molecule has 2 aromatic carbocycles. The van der Waals surface area contributed by atoms with E-state index in [-0.39, 0.29) is 25.9 Å². The number of cyclic esters (lactones) is 1. The highest BCUT2D eigenvalue weighted by Crippen LogP contribution is 2.28. The molecule has 2 aromatic rings. The van der Waals surface area contributed by atoms with Crippen LogP contribution in [0, 0.1) is 5.82 Å². The first-order chi connectivity index (χ1) is 15.0. The summed E-state index contributed by atoms with van der Waals surface area (Å²) in [5.74, 6) is -0.460. The third-order valence-corrected chi connectivity index (χ3v) is 5.40. The molecule has 0 bridgehead atoms. The highest BCUT2D eigenvalue weighted by Gasteiger charge is 2.32. The Hall–Kier alpha value is -3.33. The fraction of sp³-hybridized carbons (Fsp3) is 0.364. The maximum atomic E-state index is 14.8. The summed E-state index contributed by atoms with van der Waals surface area (Å²) in [5.41, 5.74) is 1.71. The number of benzene rings is 2. The number of aliphatic hydroxyl groups is 1. The van der Waals surface area contributed by atoms with Gasteiger partial charge in [0, 0.05) is 26.2 Å². The van der Waals surface area contributed by atoms with Crippen molar-refractivity contribution in [1.29, 1.82) is 0 Å². The lowest BCUT2D eigenvalue weighted by Gasteiger charge is -2.35. The summed E-state index contributed by atoms with van der Waals surface area (Å²) in [6.07, 6.45) is -1.59. The van der Waals surface area contributed by atoms with Gasteiger partial charge in [-0.25, -0.2) is 14.0 Å². The SMILES string of the molecule is O=C(OCc1ccccc1)N1CCN(c2ccc(N3CC(CO)OC3=O)cc2F)CC1. The molecule has 8 nitrogen and oxygen atoms in total. The van der Waals surface area contributed by atoms with E-state index < -0.39 is 18.0 Å². The average Bonchev–Trinajstić information content (AvgIpc) is 3.19. The van der Waals surface area contributed by atoms with Crippen molar-refractivity contribution in [2.24, 2.45) is 0 Å². The van der Waals surface area contributed by atoms with E-state index >= 15 is 0 Å². The van der Waals surface area contributed by atoms with Gasteiger partial charge in [0.15, 0.2) is 0 Å². The molecular weight excluding hydrogens is 405 g/mol. The Morgan fingerprint density at radius 3 is 2.52 bits per heavy atom. The molecule has 9 heteroatoms. The minimum Gasteiger partial charge on any atom is -0.445 e. The van der Waals surface area contributed by atoms with Crippen LogP contribution in [0.25, 0.3) is 0 Å². The van der Waals surface area contributed by atoms with E-state index in [1.54, 1.807) is 17.0 Å². The first-order valence-electron chi connectivity index (χ1n) is 10.1. The molecule has 1 N–H and O–H groups in total. The van der Waals surface area contributed by atoms with Gasteiger partial charge in [0.2, 0.25) is 0 Å². The molecule has 0 radical (unpaired) electrons. The Labute approximate surface area is 179 Å². The van der Waals surface area contributed by atoms with E-state index in [0.717, 1.165) is 5.56 Å². The number of ether oxygens (including phenoxy) is 2. The van der Waals surface area contributed by atoms with Crippen molar-refractivity contribution in [1.82, 2.24) is 4.90 Å². The fourth-order valence-corrected chi connectivity index (χ4v) is 3.69. The third kappa shape index (κ3) is 4.72. The molecule has 4 rings (SSSR count). The largest absolute Gasteiger partial charge is 0.445 e. The van der Waals surface area contributed by atoms with Gasteiger partial charge < -0.3 is 24.4 Å². The van der Waals surface area contributed by atoms with Crippen LogP contribution in [0.3, 0.4) is 0 Å². The number of carbonyl (C=O) groups excluding carboxylic acids is 2. The van der Waals surface area contributed by atoms with Crippen LogP contribution in [0.4, 0.5) is 25.4 Å². The monoisotopic (exact) mass is 429 g/mol. The van der Waals surface area contributed by atoms with Gasteiger partial charge >= 0.3 is 12.2 Å². The smallest absolute Gasteiger partial charge is 0.414 e. The van der Waals surface area contributed by atoms with Crippen LogP contribution in [0.1, 0.15) is 5.56 Å². The molecule has 0 saturated carbocycles. The lowest BCUT2D eigenvalue weighted by Crippen LogP contribution is -2.49. The highest BCUT2D eigenvalue weighted by molar-refractivity contribution is 5.90. The van der Waals surface area contributed by atoms with Gasteiger partial charge in [-0.2, -0.15) is 0 Å². The summed E-state index contributed by atoms with van der Waals surface area (Å²) in [6, 6.07) is 14.0. The molecule has 2 aliphatic rings. The molecule has 0 aromatic heterocycles. The summed E-state index contributed by atoms with van der Waals surface area (Å²) in [4.78, 5) is 29.0. The molecule has 0 aliphatic carbocycles. The summed E-state index contributed by atoms with van der Waals surface area (Å²) in [6.45, 7) is 1.89. The molecule has 2 amide bonds. The number of hydrogen-bond donors (Lipinski definition) is 1. The van der Waals surface area contributed by atoms with Gasteiger partial charge in [0.1, 0.15) is 18.5 Å². The molecule has 31 heavy (non-hydrogen) atoms. The number of hydrogen-bond acceptors (Lipinski definition) is 6. The van der Waals surface area contributed by atoms with Crippen molar-refractivity contribution in [3.05, 3.63) is 59.9 Å². The van der Waals surface area contributed by atoms with Gasteiger partial charge in [0.05, 0.1) is 24.5 Å². The average molecular weight is 429 g/mol. The van der Waals surface area contributed by atoms with Crippen molar-refractivity contribution in [3.8, 4) is 0 Å². The molecule has 0 spiro atoms. The number of piperazine rings is 1. The minimum atomic E-state index is -0.607. The summed E-state index contributed by atoms with van der Waals surface area (Å²) < 4.78 is 25.1. The van der Waals surface area contributed by atoms with Crippen molar-refractivity contribution >= 4 is 23.6 Å². The van der Waals surface area contributed by atoms with Crippen molar-refractivity contribution in [2.45, 2.75) is 12.7 Å². The van der Waals surface area contributed by atoms with Crippen molar-refractivity contribution < 1.29 is 28.6 Å². The molecule has 2 saturated heterocycles. The van der Waals surface area contributed by atoms with E-state index in [1.807, 2.05) is 35.2 Å². The van der Waals surface area contributed by atoms with E-state index in [9.17, 15) is 14.0 Å². The van der Waals surface area contributed by atoms with Crippen LogP contribution in [-0.4, -0.2) is 67.6 Å². The second-order valence-electron chi connectivity index (χ2n) is 7.45. The fourth-order valence-electron chi connectivity index (χ4n) is 3.69. The second kappa shape index (κ2) is 9.22. The van der Waals surface area contributed by atoms with Crippen LogP contribution in [0.15, 0.2) is 48.5 Å². The van der Waals surface area contributed by atoms with Crippen molar-refractivity contribution in [2.75, 3.05) is 49.1 Å². The molecule has 2 aliphatic heterocycles. The zero-order valence-corrected chi connectivity index (χ0v) is 16.9. The summed E-state index contributed by atoms with van der Waals surface area (Å²) in [7, 11) is 0. The zero-order valence-electron chi connectivity index (χ0n) is 16.9. The van der Waals surface area contributed by atoms with Crippen LogP contribution in [0.2, 0.25) is 0 Å². The van der Waals surface area contributed by atoms with Crippen LogP contribution >= 0.6 is 0 Å². The first-order valence-corrected chi connectivity index (χ1v) is 10.1. The Kier molecular flexibility index (Phi) is 6.22. The van der Waals surface area contributed by atoms with Crippen LogP contribution < -0.4 is 9.80 Å². The Bertz CT molecular complexity index is 934. The normalized spacial score (nSPS) is 18.8. The molecule has 1 unspecified atom stereocenters. The quantitative estimate of drug-likeness (QED) is 0.787. The number of anilines is 2. The molecule has 2 fully saturated rings. The van der Waals surface area contributed by atoms with E-state index in [0.29, 0.717) is 37.6 Å². The maximum Gasteiger partial charge on any atom is 0.414 e. The molecule has 2 heterocycles. The minimum absolute atomic E-state index is 0.178. The predicted molar refractivity (Wildman–Crippen MR) is 112 cm³/mol. The number of nitrogens with zero attached hydrogens (tertiary/aromatic N) is 3. The number of carbonyl (C=O) groups is 2. The third-order valence-electron chi connectivity index (χ3n) is 5.40. The topological polar surface area (TPSA) is 82.6 Å². The van der Waals surface area contributed by atoms with Gasteiger partial charge in [0.25, 0.3) is 0 Å². The van der Waals surface area contributed by atoms with Gasteiger partial charge in [-0.15, -0.1) is 0 Å². The van der Waals surface area contributed by atoms with Crippen LogP contribution in [-0.2, 0) is 16.1 Å². The van der Waals surface area contributed by atoms with E-state index in [1.165, 1.54) is 11.0 Å². The first kappa shape index (κ1) is 20.9. The highest BCUT2D eigenvalue weighted by atomic mass is 19.1. The number of amides is 2.